The number of nitrogens with one attached hydrogen (secondary N) is 2. The van der Waals surface area contributed by atoms with Crippen molar-refractivity contribution in [1.29, 1.82) is 0 Å². The number of aromatic amines is 1. The molecule has 31 heavy (non-hydrogen) atoms. The number of rotatable bonds is 14. The number of aromatic nitrogens is 2. The van der Waals surface area contributed by atoms with Gasteiger partial charge in [0, 0.05) is 11.6 Å². The molecule has 5 heteroatoms. The van der Waals surface area contributed by atoms with Gasteiger partial charge in [-0.25, -0.2) is 4.98 Å². The van der Waals surface area contributed by atoms with Crippen LogP contribution in [0.5, 0.6) is 5.75 Å². The number of carbonyl (C=O) groups is 1. The summed E-state index contributed by atoms with van der Waals surface area (Å²) in [5, 5.41) is 2.81. The van der Waals surface area contributed by atoms with Crippen LogP contribution in [0.1, 0.15) is 81.5 Å². The molecule has 0 aliphatic rings. The molecule has 1 amide bonds. The third kappa shape index (κ3) is 7.74. The third-order valence-corrected chi connectivity index (χ3v) is 5.49. The smallest absolute Gasteiger partial charge is 0.257 e. The molecule has 0 unspecified atom stereocenters. The van der Waals surface area contributed by atoms with Crippen molar-refractivity contribution >= 4 is 22.9 Å². The lowest BCUT2D eigenvalue weighted by Gasteiger charge is -2.06. The Kier molecular flexibility index (Phi) is 9.42. The topological polar surface area (TPSA) is 67.0 Å². The molecule has 166 valence electrons. The minimum atomic E-state index is -0.183. The summed E-state index contributed by atoms with van der Waals surface area (Å²) >= 11 is 0. The molecule has 2 N–H and O–H groups in total. The minimum absolute atomic E-state index is 0.183. The molecular formula is C26H35N3O2. The van der Waals surface area contributed by atoms with Gasteiger partial charge in [-0.3, -0.25) is 10.1 Å². The molecule has 0 atom stereocenters. The molecule has 0 aliphatic carbocycles. The number of anilines is 1. The summed E-state index contributed by atoms with van der Waals surface area (Å²) in [6.07, 6.45) is 13.2. The zero-order valence-corrected chi connectivity index (χ0v) is 18.7. The van der Waals surface area contributed by atoms with Crippen LogP contribution in [-0.2, 0) is 0 Å². The van der Waals surface area contributed by atoms with Crippen LogP contribution in [0.3, 0.4) is 0 Å². The maximum Gasteiger partial charge on any atom is 0.257 e. The Morgan fingerprint density at radius 1 is 0.903 bits per heavy atom. The summed E-state index contributed by atoms with van der Waals surface area (Å²) in [6, 6.07) is 14.9. The van der Waals surface area contributed by atoms with Crippen LogP contribution in [0.25, 0.3) is 11.0 Å². The van der Waals surface area contributed by atoms with E-state index >= 15 is 0 Å². The number of unbranched alkanes of at least 4 members (excludes halogenated alkanes) is 9. The zero-order valence-electron chi connectivity index (χ0n) is 18.7. The second-order valence-corrected chi connectivity index (χ2v) is 8.11. The van der Waals surface area contributed by atoms with E-state index in [1.54, 1.807) is 12.1 Å². The van der Waals surface area contributed by atoms with Gasteiger partial charge in [-0.1, -0.05) is 82.9 Å². The van der Waals surface area contributed by atoms with Gasteiger partial charge in [0.05, 0.1) is 17.6 Å². The number of carbonyl (C=O) groups excluding carboxylic acids is 1. The van der Waals surface area contributed by atoms with Crippen molar-refractivity contribution < 1.29 is 9.53 Å². The van der Waals surface area contributed by atoms with E-state index in [0.29, 0.717) is 11.5 Å². The Balaban J connectivity index is 1.36. The molecule has 1 heterocycles. The number of benzene rings is 2. The van der Waals surface area contributed by atoms with E-state index in [0.717, 1.165) is 29.8 Å². The van der Waals surface area contributed by atoms with Crippen LogP contribution < -0.4 is 10.1 Å². The highest BCUT2D eigenvalue weighted by Gasteiger charge is 2.09. The van der Waals surface area contributed by atoms with Crippen molar-refractivity contribution in [2.75, 3.05) is 11.9 Å². The zero-order chi connectivity index (χ0) is 21.7. The van der Waals surface area contributed by atoms with Crippen LogP contribution in [0.15, 0.2) is 48.5 Å². The van der Waals surface area contributed by atoms with Crippen molar-refractivity contribution in [3.05, 3.63) is 54.1 Å². The van der Waals surface area contributed by atoms with E-state index in [1.807, 2.05) is 36.4 Å². The number of hydrogen-bond acceptors (Lipinski definition) is 3. The number of H-pyrrole nitrogens is 1. The summed E-state index contributed by atoms with van der Waals surface area (Å²) in [5.41, 5.74) is 2.25. The van der Waals surface area contributed by atoms with Gasteiger partial charge in [0.25, 0.3) is 5.91 Å². The number of imidazole rings is 1. The molecular weight excluding hydrogens is 386 g/mol. The fourth-order valence-electron chi connectivity index (χ4n) is 3.69. The second-order valence-electron chi connectivity index (χ2n) is 8.11. The highest BCUT2D eigenvalue weighted by Crippen LogP contribution is 2.21. The van der Waals surface area contributed by atoms with E-state index in [2.05, 4.69) is 22.2 Å². The van der Waals surface area contributed by atoms with Crippen LogP contribution in [0.2, 0.25) is 0 Å². The lowest BCUT2D eigenvalue weighted by Crippen LogP contribution is -2.12. The number of amides is 1. The third-order valence-electron chi connectivity index (χ3n) is 5.49. The summed E-state index contributed by atoms with van der Waals surface area (Å²) < 4.78 is 5.91. The van der Waals surface area contributed by atoms with Crippen molar-refractivity contribution in [2.24, 2.45) is 0 Å². The SMILES string of the molecule is CCCCCCCCCCCCOc1ccc2nc(NC(=O)c3ccccc3)[nH]c2c1. The first-order chi connectivity index (χ1) is 15.3. The van der Waals surface area contributed by atoms with Crippen molar-refractivity contribution in [2.45, 2.75) is 71.1 Å². The average molecular weight is 422 g/mol. The van der Waals surface area contributed by atoms with Gasteiger partial charge in [0.15, 0.2) is 0 Å². The quantitative estimate of drug-likeness (QED) is 0.272. The molecule has 1 aromatic heterocycles. The van der Waals surface area contributed by atoms with Crippen molar-refractivity contribution in [3.63, 3.8) is 0 Å². The molecule has 3 rings (SSSR count). The van der Waals surface area contributed by atoms with Crippen LogP contribution in [0, 0.1) is 0 Å². The van der Waals surface area contributed by atoms with Crippen LogP contribution >= 0.6 is 0 Å². The molecule has 0 bridgehead atoms. The Bertz CT molecular complexity index is 921. The van der Waals surface area contributed by atoms with E-state index in [9.17, 15) is 4.79 Å². The number of fused-ring (bicyclic) bond motifs is 1. The van der Waals surface area contributed by atoms with Crippen molar-refractivity contribution in [1.82, 2.24) is 9.97 Å². The maximum atomic E-state index is 12.3. The van der Waals surface area contributed by atoms with Gasteiger partial charge in [-0.05, 0) is 30.7 Å². The summed E-state index contributed by atoms with van der Waals surface area (Å²) in [4.78, 5) is 19.9. The summed E-state index contributed by atoms with van der Waals surface area (Å²) in [6.45, 7) is 2.99. The largest absolute Gasteiger partial charge is 0.494 e. The first kappa shape index (κ1) is 22.9. The van der Waals surface area contributed by atoms with Gasteiger partial charge in [0.1, 0.15) is 5.75 Å². The first-order valence-corrected chi connectivity index (χ1v) is 11.7. The molecule has 0 fully saturated rings. The predicted octanol–water partition coefficient (Wildman–Crippen LogP) is 7.11. The number of nitrogens with zero attached hydrogens (tertiary/aromatic N) is 1. The molecule has 0 radical (unpaired) electrons. The lowest BCUT2D eigenvalue weighted by molar-refractivity contribution is 0.102. The summed E-state index contributed by atoms with van der Waals surface area (Å²) in [5.74, 6) is 1.08. The minimum Gasteiger partial charge on any atom is -0.494 e. The molecule has 0 aliphatic heterocycles. The molecule has 0 saturated carbocycles. The molecule has 0 saturated heterocycles. The van der Waals surface area contributed by atoms with Gasteiger partial charge in [-0.2, -0.15) is 0 Å². The monoisotopic (exact) mass is 421 g/mol. The standard InChI is InChI=1S/C26H35N3O2/c1-2-3-4-5-6-7-8-9-10-14-19-31-22-17-18-23-24(20-22)28-26(27-23)29-25(30)21-15-12-11-13-16-21/h11-13,15-18,20H,2-10,14,19H2,1H3,(H2,27,28,29,30). The normalized spacial score (nSPS) is 11.0. The van der Waals surface area contributed by atoms with Crippen LogP contribution in [-0.4, -0.2) is 22.5 Å². The molecule has 3 aromatic rings. The van der Waals surface area contributed by atoms with Crippen molar-refractivity contribution in [3.8, 4) is 5.75 Å². The first-order valence-electron chi connectivity index (χ1n) is 11.7. The van der Waals surface area contributed by atoms with E-state index in [-0.39, 0.29) is 5.91 Å². The van der Waals surface area contributed by atoms with Gasteiger partial charge in [0.2, 0.25) is 5.95 Å². The maximum absolute atomic E-state index is 12.3. The Labute approximate surface area is 185 Å². The number of hydrogen-bond donors (Lipinski definition) is 2. The Morgan fingerprint density at radius 3 is 2.29 bits per heavy atom. The molecule has 0 spiro atoms. The van der Waals surface area contributed by atoms with E-state index in [1.165, 1.54) is 57.8 Å². The highest BCUT2D eigenvalue weighted by atomic mass is 16.5. The Morgan fingerprint density at radius 2 is 1.58 bits per heavy atom. The number of ether oxygens (including phenoxy) is 1. The van der Waals surface area contributed by atoms with E-state index in [4.69, 9.17) is 4.74 Å². The average Bonchev–Trinajstić information content (AvgIpc) is 3.19. The predicted molar refractivity (Wildman–Crippen MR) is 128 cm³/mol. The van der Waals surface area contributed by atoms with Gasteiger partial charge < -0.3 is 9.72 Å². The van der Waals surface area contributed by atoms with Gasteiger partial charge >= 0.3 is 0 Å². The Hall–Kier alpha value is -2.82. The molecule has 2 aromatic carbocycles. The second kappa shape index (κ2) is 12.8. The molecule has 5 nitrogen and oxygen atoms in total. The highest BCUT2D eigenvalue weighted by molar-refractivity contribution is 6.03. The summed E-state index contributed by atoms with van der Waals surface area (Å²) in [7, 11) is 0. The van der Waals surface area contributed by atoms with E-state index < -0.39 is 0 Å². The fraction of sp³-hybridized carbons (Fsp3) is 0.462. The fourth-order valence-corrected chi connectivity index (χ4v) is 3.69. The van der Waals surface area contributed by atoms with Crippen LogP contribution in [0.4, 0.5) is 5.95 Å². The lowest BCUT2D eigenvalue weighted by atomic mass is 10.1. The van der Waals surface area contributed by atoms with Gasteiger partial charge in [-0.15, -0.1) is 0 Å².